The van der Waals surface area contributed by atoms with Crippen molar-refractivity contribution in [1.29, 1.82) is 5.53 Å². The second kappa shape index (κ2) is 6.74. The molecule has 1 saturated carbocycles. The summed E-state index contributed by atoms with van der Waals surface area (Å²) in [7, 11) is 1.43. The number of carbonyl (C=O) groups is 1. The van der Waals surface area contributed by atoms with E-state index in [1.165, 1.54) is 7.05 Å². The molecule has 2 N–H and O–H groups in total. The Morgan fingerprint density at radius 1 is 1.42 bits per heavy atom. The highest BCUT2D eigenvalue weighted by molar-refractivity contribution is 5.89. The maximum absolute atomic E-state index is 12.0. The molecule has 3 rings (SSSR count). The molecular weight excluding hydrogens is 306 g/mol. The molecule has 0 bridgehead atoms. The molecule has 0 unspecified atom stereocenters. The van der Waals surface area contributed by atoms with E-state index in [-0.39, 0.29) is 0 Å². The Kier molecular flexibility index (Phi) is 4.50. The summed E-state index contributed by atoms with van der Waals surface area (Å²) >= 11 is 0. The Morgan fingerprint density at radius 3 is 2.83 bits per heavy atom. The van der Waals surface area contributed by atoms with Gasteiger partial charge in [0, 0.05) is 19.3 Å². The Bertz CT molecular complexity index is 751. The molecule has 1 aromatic carbocycles. The number of ether oxygens (including phenoxy) is 1. The van der Waals surface area contributed by atoms with Crippen LogP contribution >= 0.6 is 0 Å². The Hall–Kier alpha value is -2.83. The average Bonchev–Trinajstić information content (AvgIpc) is 3.36. The highest BCUT2D eigenvalue weighted by atomic mass is 16.5. The number of nitrogens with zero attached hydrogens (tertiary/aromatic N) is 3. The first-order valence-electron chi connectivity index (χ1n) is 7.90. The molecule has 2 aromatic rings. The molecule has 1 aliphatic rings. The van der Waals surface area contributed by atoms with E-state index >= 15 is 0 Å². The molecule has 1 aromatic heterocycles. The molecule has 7 nitrogen and oxygen atoms in total. The number of anilines is 1. The van der Waals surface area contributed by atoms with E-state index in [0.717, 1.165) is 34.9 Å². The smallest absolute Gasteiger partial charge is 0.343 e. The third-order valence-electron chi connectivity index (χ3n) is 4.11. The van der Waals surface area contributed by atoms with Crippen LogP contribution in [-0.2, 0) is 6.61 Å². The fourth-order valence-electron chi connectivity index (χ4n) is 2.55. The number of urea groups is 1. The predicted molar refractivity (Wildman–Crippen MR) is 90.1 cm³/mol. The highest BCUT2D eigenvalue weighted by Gasteiger charge is 2.27. The van der Waals surface area contributed by atoms with E-state index < -0.39 is 6.03 Å². The summed E-state index contributed by atoms with van der Waals surface area (Å²) in [6.07, 6.45) is 4.25. The summed E-state index contributed by atoms with van der Waals surface area (Å²) in [5, 5.41) is 6.84. The molecule has 7 heteroatoms. The van der Waals surface area contributed by atoms with Crippen molar-refractivity contribution < 1.29 is 9.53 Å². The zero-order valence-corrected chi connectivity index (χ0v) is 13.8. The molecule has 2 amide bonds. The quantitative estimate of drug-likeness (QED) is 0.618. The lowest BCUT2D eigenvalue weighted by molar-refractivity contribution is 0.220. The lowest BCUT2D eigenvalue weighted by Crippen LogP contribution is -2.26. The maximum atomic E-state index is 12.0. The third kappa shape index (κ3) is 3.40. The van der Waals surface area contributed by atoms with Crippen LogP contribution in [0.25, 0.3) is 0 Å². The molecule has 24 heavy (non-hydrogen) atoms. The number of aryl methyl sites for hydroxylation is 1. The van der Waals surface area contributed by atoms with Crippen LogP contribution in [0, 0.1) is 12.5 Å². The molecule has 126 valence electrons. The van der Waals surface area contributed by atoms with Gasteiger partial charge in [-0.25, -0.2) is 4.79 Å². The van der Waals surface area contributed by atoms with Gasteiger partial charge in [0.15, 0.2) is 0 Å². The third-order valence-corrected chi connectivity index (χ3v) is 4.11. The minimum absolute atomic E-state index is 0.367. The van der Waals surface area contributed by atoms with Crippen molar-refractivity contribution >= 4 is 11.7 Å². The van der Waals surface area contributed by atoms with Gasteiger partial charge in [0.2, 0.25) is 0 Å². The van der Waals surface area contributed by atoms with E-state index in [1.54, 1.807) is 0 Å². The van der Waals surface area contributed by atoms with Crippen LogP contribution in [0.4, 0.5) is 10.5 Å². The highest BCUT2D eigenvalue weighted by Crippen LogP contribution is 2.38. The Balaban J connectivity index is 1.79. The number of nitrogens with one attached hydrogen (secondary N) is 2. The topological polar surface area (TPSA) is 82.7 Å². The van der Waals surface area contributed by atoms with Crippen molar-refractivity contribution in [1.82, 2.24) is 9.58 Å². The number of carbonyl (C=O) groups excluding carboxylic acids is 1. The number of aromatic nitrogens is 1. The van der Waals surface area contributed by atoms with Gasteiger partial charge in [-0.2, -0.15) is 10.5 Å². The average molecular weight is 327 g/mol. The van der Waals surface area contributed by atoms with Gasteiger partial charge in [-0.05, 0) is 37.5 Å². The second-order valence-corrected chi connectivity index (χ2v) is 5.92. The fourth-order valence-corrected chi connectivity index (χ4v) is 2.55. The van der Waals surface area contributed by atoms with Gasteiger partial charge >= 0.3 is 6.03 Å². The monoisotopic (exact) mass is 327 g/mol. The first kappa shape index (κ1) is 16.0. The van der Waals surface area contributed by atoms with Crippen molar-refractivity contribution in [2.24, 2.45) is 5.22 Å². The molecule has 0 saturated heterocycles. The van der Waals surface area contributed by atoms with Crippen molar-refractivity contribution in [3.05, 3.63) is 47.8 Å². The summed E-state index contributed by atoms with van der Waals surface area (Å²) in [5.74, 6) is 0.830. The number of hydrogen-bond donors (Lipinski definition) is 2. The first-order chi connectivity index (χ1) is 11.6. The van der Waals surface area contributed by atoms with Crippen LogP contribution in [0.1, 0.15) is 30.1 Å². The van der Waals surface area contributed by atoms with Gasteiger partial charge in [-0.15, -0.1) is 0 Å². The normalized spacial score (nSPS) is 13.4. The largest absolute Gasteiger partial charge is 0.487 e. The van der Waals surface area contributed by atoms with Crippen LogP contribution in [-0.4, -0.2) is 22.7 Å². The lowest BCUT2D eigenvalue weighted by atomic mass is 10.2. The maximum Gasteiger partial charge on any atom is 0.343 e. The van der Waals surface area contributed by atoms with Gasteiger partial charge in [-0.1, -0.05) is 23.4 Å². The van der Waals surface area contributed by atoms with E-state index in [1.807, 2.05) is 43.5 Å². The molecule has 1 heterocycles. The van der Waals surface area contributed by atoms with Crippen LogP contribution < -0.4 is 10.1 Å². The minimum atomic E-state index is -0.448. The van der Waals surface area contributed by atoms with E-state index in [0.29, 0.717) is 18.3 Å². The molecule has 0 radical (unpaired) electrons. The van der Waals surface area contributed by atoms with Crippen molar-refractivity contribution in [3.63, 3.8) is 0 Å². The zero-order valence-electron chi connectivity index (χ0n) is 13.8. The SMILES string of the molecule is Cc1ccccc1OCc1c(NC(=O)N(C)N=N)ccn1C1CC1. The molecule has 1 fully saturated rings. The van der Waals surface area contributed by atoms with Gasteiger partial charge in [0.05, 0.1) is 11.4 Å². The molecular formula is C17H21N5O2. The van der Waals surface area contributed by atoms with Crippen LogP contribution in [0.5, 0.6) is 5.75 Å². The molecule has 0 atom stereocenters. The Labute approximate surface area is 140 Å². The van der Waals surface area contributed by atoms with Crippen molar-refractivity contribution in [2.75, 3.05) is 12.4 Å². The van der Waals surface area contributed by atoms with Crippen LogP contribution in [0.2, 0.25) is 0 Å². The number of amides is 2. The predicted octanol–water partition coefficient (Wildman–Crippen LogP) is 4.12. The van der Waals surface area contributed by atoms with Gasteiger partial charge in [0.25, 0.3) is 0 Å². The number of benzene rings is 1. The molecule has 1 aliphatic carbocycles. The number of hydrogen-bond acceptors (Lipinski definition) is 4. The van der Waals surface area contributed by atoms with E-state index in [9.17, 15) is 4.79 Å². The second-order valence-electron chi connectivity index (χ2n) is 5.92. The summed E-state index contributed by atoms with van der Waals surface area (Å²) in [6.45, 7) is 2.37. The molecule has 0 spiro atoms. The standard InChI is InChI=1S/C17H21N5O2/c1-12-5-3-4-6-16(12)24-11-15-14(19-17(23)21(2)20-18)9-10-22(15)13-7-8-13/h3-6,9-10,13,18H,7-8,11H2,1-2H3,(H,19,23). The van der Waals surface area contributed by atoms with Crippen molar-refractivity contribution in [2.45, 2.75) is 32.4 Å². The van der Waals surface area contributed by atoms with Gasteiger partial charge in [0.1, 0.15) is 12.4 Å². The number of para-hydroxylation sites is 1. The summed E-state index contributed by atoms with van der Waals surface area (Å²) < 4.78 is 8.12. The zero-order chi connectivity index (χ0) is 17.1. The summed E-state index contributed by atoms with van der Waals surface area (Å²) in [4.78, 5) is 12.0. The van der Waals surface area contributed by atoms with Crippen LogP contribution in [0.3, 0.4) is 0 Å². The minimum Gasteiger partial charge on any atom is -0.487 e. The Morgan fingerprint density at radius 2 is 2.17 bits per heavy atom. The van der Waals surface area contributed by atoms with Gasteiger partial charge in [-0.3, -0.25) is 0 Å². The van der Waals surface area contributed by atoms with E-state index in [4.69, 9.17) is 10.3 Å². The lowest BCUT2D eigenvalue weighted by Gasteiger charge is -2.15. The van der Waals surface area contributed by atoms with Crippen molar-refractivity contribution in [3.8, 4) is 5.75 Å². The van der Waals surface area contributed by atoms with Crippen LogP contribution in [0.15, 0.2) is 41.8 Å². The van der Waals surface area contributed by atoms with Gasteiger partial charge < -0.3 is 14.6 Å². The van der Waals surface area contributed by atoms with E-state index in [2.05, 4.69) is 15.1 Å². The first-order valence-corrected chi connectivity index (χ1v) is 7.90. The summed E-state index contributed by atoms with van der Waals surface area (Å²) in [5.41, 5.74) is 9.60. The summed E-state index contributed by atoms with van der Waals surface area (Å²) in [6, 6.07) is 9.74. The molecule has 0 aliphatic heterocycles. The fraction of sp³-hybridized carbons (Fsp3) is 0.353. The number of rotatable bonds is 6.